The quantitative estimate of drug-likeness (QED) is 0.0199. The SMILES string of the molecule is CC/C=C\C/C=C\C/C=C\C/C=C\CCCCCCC(=O)NC(COC1OC(CO)C(OC2OC(CO)C(OC3OC(CO)C(O)C(O)C3O)C(O)C2O)C(O)C1O)C(O)/C=C/CC/C=C/CC/C=C/CCCCCCCCCCCCCCCCCCCCC. The molecule has 0 saturated carbocycles. The minimum Gasteiger partial charge on any atom is -0.394 e. The Hall–Kier alpha value is -3.03. The van der Waals surface area contributed by atoms with E-state index in [-0.39, 0.29) is 18.9 Å². The van der Waals surface area contributed by atoms with Gasteiger partial charge in [-0.05, 0) is 83.5 Å². The summed E-state index contributed by atoms with van der Waals surface area (Å²) in [5, 5.41) is 120. The van der Waals surface area contributed by atoms with Crippen molar-refractivity contribution in [3.8, 4) is 0 Å². The Balaban J connectivity index is 1.44. The second kappa shape index (κ2) is 53.2. The van der Waals surface area contributed by atoms with Crippen molar-refractivity contribution >= 4 is 5.91 Å². The number of aliphatic hydroxyl groups is 11. The number of allylic oxidation sites excluding steroid dienone is 13. The van der Waals surface area contributed by atoms with E-state index in [0.29, 0.717) is 12.8 Å². The maximum absolute atomic E-state index is 13.4. The topological polar surface area (TPSA) is 307 Å². The van der Waals surface area contributed by atoms with Crippen LogP contribution in [0, 0.1) is 0 Å². The summed E-state index contributed by atoms with van der Waals surface area (Å²) in [5.74, 6) is -0.315. The van der Waals surface area contributed by atoms with Crippen LogP contribution in [0.4, 0.5) is 0 Å². The molecule has 3 aliphatic heterocycles. The van der Waals surface area contributed by atoms with E-state index in [9.17, 15) is 61.0 Å². The maximum Gasteiger partial charge on any atom is 0.220 e. The number of unbranched alkanes of at least 4 members (excludes halogenated alkanes) is 25. The Labute approximate surface area is 546 Å². The second-order valence-corrected chi connectivity index (χ2v) is 24.9. The van der Waals surface area contributed by atoms with Gasteiger partial charge in [-0.15, -0.1) is 0 Å². The van der Waals surface area contributed by atoms with Crippen LogP contribution in [-0.2, 0) is 33.2 Å². The van der Waals surface area contributed by atoms with E-state index >= 15 is 0 Å². The molecule has 19 heteroatoms. The molecule has 3 fully saturated rings. The molecular weight excluding hydrogens is 1170 g/mol. The molecule has 17 unspecified atom stereocenters. The molecule has 17 atom stereocenters. The molecule has 0 aliphatic carbocycles. The van der Waals surface area contributed by atoms with E-state index in [1.807, 2.05) is 6.08 Å². The van der Waals surface area contributed by atoms with Crippen molar-refractivity contribution in [2.75, 3.05) is 26.4 Å². The van der Waals surface area contributed by atoms with E-state index < -0.39 is 124 Å². The highest BCUT2D eigenvalue weighted by molar-refractivity contribution is 5.76. The third-order valence-corrected chi connectivity index (χ3v) is 17.2. The minimum absolute atomic E-state index is 0.199. The Morgan fingerprint density at radius 2 is 0.769 bits per heavy atom. The Morgan fingerprint density at radius 3 is 1.23 bits per heavy atom. The fraction of sp³-hybridized carbons (Fsp3) is 0.792. The van der Waals surface area contributed by atoms with Crippen LogP contribution in [0.25, 0.3) is 0 Å². The Kier molecular flexibility index (Phi) is 48.0. The van der Waals surface area contributed by atoms with Crippen molar-refractivity contribution in [1.82, 2.24) is 5.32 Å². The van der Waals surface area contributed by atoms with E-state index in [0.717, 1.165) is 77.0 Å². The number of ether oxygens (including phenoxy) is 6. The molecule has 3 heterocycles. The van der Waals surface area contributed by atoms with Gasteiger partial charge < -0.3 is 89.9 Å². The Bertz CT molecular complexity index is 1980. The molecule has 91 heavy (non-hydrogen) atoms. The van der Waals surface area contributed by atoms with Crippen LogP contribution in [0.5, 0.6) is 0 Å². The number of rotatable bonds is 53. The van der Waals surface area contributed by atoms with E-state index in [1.54, 1.807) is 6.08 Å². The third kappa shape index (κ3) is 35.0. The molecule has 0 spiro atoms. The zero-order chi connectivity index (χ0) is 66.1. The van der Waals surface area contributed by atoms with Gasteiger partial charge in [0.25, 0.3) is 0 Å². The van der Waals surface area contributed by atoms with Crippen LogP contribution >= 0.6 is 0 Å². The first-order chi connectivity index (χ1) is 44.3. The van der Waals surface area contributed by atoms with Gasteiger partial charge in [0.2, 0.25) is 5.91 Å². The molecule has 3 aliphatic rings. The zero-order valence-corrected chi connectivity index (χ0v) is 55.5. The first-order valence-electron chi connectivity index (χ1n) is 35.3. The average Bonchev–Trinajstić information content (AvgIpc) is 0.885. The lowest BCUT2D eigenvalue weighted by molar-refractivity contribution is -0.379. The molecule has 0 radical (unpaired) electrons. The molecule has 3 rings (SSSR count). The summed E-state index contributed by atoms with van der Waals surface area (Å²) >= 11 is 0. The van der Waals surface area contributed by atoms with Gasteiger partial charge in [-0.1, -0.05) is 227 Å². The third-order valence-electron chi connectivity index (χ3n) is 17.2. The first-order valence-corrected chi connectivity index (χ1v) is 35.3. The summed E-state index contributed by atoms with van der Waals surface area (Å²) < 4.78 is 34.3. The monoisotopic (exact) mass is 1290 g/mol. The van der Waals surface area contributed by atoms with Crippen molar-refractivity contribution in [2.45, 2.75) is 336 Å². The van der Waals surface area contributed by atoms with Gasteiger partial charge in [-0.3, -0.25) is 4.79 Å². The molecule has 12 N–H and O–H groups in total. The van der Waals surface area contributed by atoms with Crippen LogP contribution in [0.1, 0.15) is 232 Å². The molecule has 526 valence electrons. The predicted molar refractivity (Wildman–Crippen MR) is 355 cm³/mol. The standard InChI is InChI=1S/C72H125NO18/c1-3-5-7-9-11-13-15-17-19-21-22-23-24-25-26-27-28-29-30-31-32-34-35-37-39-41-43-45-47-49-56(77)55(73-60(78)50-48-46-44-42-40-38-36-33-20-18-16-14-12-10-8-6-4-2)54-86-70-66(84)63(81)68(58(52-75)88-70)91-72-67(85)64(82)69(59(53-76)89-72)90-71-65(83)62(80)61(79)57(51-74)87-71/h6,8,12,14,18,20,32,34,36,38-39,41,47,49,55-59,61-72,74-77,79-85H,3-5,7,9-11,13,15-17,19,21-31,33,35,37,40,42-46,48,50-54H2,1-2H3,(H,73,78)/b8-6-,14-12-,20-18-,34-32+,38-36-,41-39+,49-47+. The predicted octanol–water partition coefficient (Wildman–Crippen LogP) is 9.49. The van der Waals surface area contributed by atoms with Gasteiger partial charge in [0.05, 0.1) is 38.6 Å². The molecule has 0 aromatic rings. The lowest BCUT2D eigenvalue weighted by Crippen LogP contribution is -2.66. The van der Waals surface area contributed by atoms with E-state index in [2.05, 4.69) is 92.1 Å². The number of nitrogens with one attached hydrogen (secondary N) is 1. The van der Waals surface area contributed by atoms with Crippen LogP contribution < -0.4 is 5.32 Å². The highest BCUT2D eigenvalue weighted by Crippen LogP contribution is 2.33. The zero-order valence-electron chi connectivity index (χ0n) is 55.5. The molecule has 1 amide bonds. The number of aliphatic hydroxyl groups excluding tert-OH is 11. The van der Waals surface area contributed by atoms with Gasteiger partial charge >= 0.3 is 0 Å². The number of carbonyl (C=O) groups excluding carboxylic acids is 1. The van der Waals surface area contributed by atoms with Crippen LogP contribution in [0.3, 0.4) is 0 Å². The minimum atomic E-state index is -1.99. The average molecular weight is 1290 g/mol. The summed E-state index contributed by atoms with van der Waals surface area (Å²) in [6.07, 6.45) is 41.5. The second-order valence-electron chi connectivity index (χ2n) is 24.9. The van der Waals surface area contributed by atoms with Gasteiger partial charge in [0.1, 0.15) is 73.2 Å². The summed E-state index contributed by atoms with van der Waals surface area (Å²) in [6, 6.07) is -1.02. The van der Waals surface area contributed by atoms with E-state index in [1.165, 1.54) is 122 Å². The number of hydrogen-bond donors (Lipinski definition) is 12. The lowest BCUT2D eigenvalue weighted by Gasteiger charge is -2.48. The smallest absolute Gasteiger partial charge is 0.220 e. The van der Waals surface area contributed by atoms with Crippen LogP contribution in [0.15, 0.2) is 85.1 Å². The highest BCUT2D eigenvalue weighted by Gasteiger charge is 2.53. The van der Waals surface area contributed by atoms with Crippen molar-refractivity contribution in [1.29, 1.82) is 0 Å². The van der Waals surface area contributed by atoms with E-state index in [4.69, 9.17) is 28.4 Å². The summed E-state index contributed by atoms with van der Waals surface area (Å²) in [5.41, 5.74) is 0. The molecule has 0 aromatic carbocycles. The van der Waals surface area contributed by atoms with Crippen molar-refractivity contribution in [2.24, 2.45) is 0 Å². The molecule has 0 bridgehead atoms. The van der Waals surface area contributed by atoms with Crippen molar-refractivity contribution in [3.05, 3.63) is 85.1 Å². The molecule has 3 saturated heterocycles. The highest BCUT2D eigenvalue weighted by atomic mass is 16.8. The van der Waals surface area contributed by atoms with Crippen molar-refractivity contribution < 1.29 is 89.4 Å². The Morgan fingerprint density at radius 1 is 0.407 bits per heavy atom. The first kappa shape index (κ1) is 82.2. The lowest BCUT2D eigenvalue weighted by atomic mass is 9.96. The number of amides is 1. The summed E-state index contributed by atoms with van der Waals surface area (Å²) in [6.45, 7) is 1.57. The largest absolute Gasteiger partial charge is 0.394 e. The van der Waals surface area contributed by atoms with Gasteiger partial charge in [0, 0.05) is 6.42 Å². The summed E-state index contributed by atoms with van der Waals surface area (Å²) in [7, 11) is 0. The van der Waals surface area contributed by atoms with Crippen molar-refractivity contribution in [3.63, 3.8) is 0 Å². The maximum atomic E-state index is 13.4. The van der Waals surface area contributed by atoms with Gasteiger partial charge in [-0.25, -0.2) is 0 Å². The normalized spacial score (nSPS) is 28.4. The molecule has 19 nitrogen and oxygen atoms in total. The van der Waals surface area contributed by atoms with Gasteiger partial charge in [-0.2, -0.15) is 0 Å². The number of carbonyl (C=O) groups is 1. The fourth-order valence-corrected chi connectivity index (χ4v) is 11.4. The number of hydrogen-bond acceptors (Lipinski definition) is 18. The summed E-state index contributed by atoms with van der Waals surface area (Å²) in [4.78, 5) is 13.4. The fourth-order valence-electron chi connectivity index (χ4n) is 11.4. The van der Waals surface area contributed by atoms with Crippen LogP contribution in [-0.4, -0.2) is 193 Å². The molecular formula is C72H125NO18. The molecule has 0 aromatic heterocycles. The van der Waals surface area contributed by atoms with Gasteiger partial charge in [0.15, 0.2) is 18.9 Å². The van der Waals surface area contributed by atoms with Crippen LogP contribution in [0.2, 0.25) is 0 Å².